The molecule has 0 unspecified atom stereocenters. The van der Waals surface area contributed by atoms with Gasteiger partial charge < -0.3 is 5.32 Å². The van der Waals surface area contributed by atoms with Crippen LogP contribution in [0, 0.1) is 0 Å². The van der Waals surface area contributed by atoms with Crippen LogP contribution in [0.15, 0.2) is 29.5 Å². The third-order valence-electron chi connectivity index (χ3n) is 1.83. The fourth-order valence-electron chi connectivity index (χ4n) is 1.11. The number of nitrogens with one attached hydrogen (secondary N) is 2. The Morgan fingerprint density at radius 1 is 1.50 bits per heavy atom. The maximum absolute atomic E-state index is 11.2. The highest BCUT2D eigenvalue weighted by Gasteiger charge is 2.00. The molecule has 0 aliphatic heterocycles. The molecule has 0 saturated heterocycles. The summed E-state index contributed by atoms with van der Waals surface area (Å²) in [5.41, 5.74) is 0.409. The fraction of sp³-hybridized carbons (Fsp3) is 0.125. The summed E-state index contributed by atoms with van der Waals surface area (Å²) in [6, 6.07) is 3.57. The van der Waals surface area contributed by atoms with Gasteiger partial charge in [-0.3, -0.25) is 0 Å². The Hall–Kier alpha value is -2.11. The minimum Gasteiger partial charge on any atom is -0.373 e. The summed E-state index contributed by atoms with van der Waals surface area (Å²) < 4.78 is 1.38. The van der Waals surface area contributed by atoms with Crippen LogP contribution in [0.5, 0.6) is 0 Å². The van der Waals surface area contributed by atoms with Crippen molar-refractivity contribution in [2.24, 2.45) is 0 Å². The van der Waals surface area contributed by atoms with Crippen molar-refractivity contribution in [2.75, 3.05) is 12.4 Å². The highest BCUT2D eigenvalue weighted by molar-refractivity contribution is 5.39. The van der Waals surface area contributed by atoms with Crippen molar-refractivity contribution in [1.82, 2.24) is 19.7 Å². The van der Waals surface area contributed by atoms with Gasteiger partial charge in [0.05, 0.1) is 11.9 Å². The van der Waals surface area contributed by atoms with Crippen molar-refractivity contribution < 1.29 is 0 Å². The van der Waals surface area contributed by atoms with E-state index >= 15 is 0 Å². The van der Waals surface area contributed by atoms with E-state index in [-0.39, 0.29) is 5.69 Å². The summed E-state index contributed by atoms with van der Waals surface area (Å²) >= 11 is 0. The summed E-state index contributed by atoms with van der Waals surface area (Å²) in [5, 5.41) is 8.82. The van der Waals surface area contributed by atoms with Crippen LogP contribution >= 0.6 is 0 Å². The summed E-state index contributed by atoms with van der Waals surface area (Å²) in [4.78, 5) is 15.3. The van der Waals surface area contributed by atoms with Gasteiger partial charge >= 0.3 is 5.69 Å². The average molecular weight is 191 g/mol. The maximum atomic E-state index is 11.2. The molecule has 0 aromatic carbocycles. The zero-order valence-corrected chi connectivity index (χ0v) is 7.56. The molecule has 2 N–H and O–H groups in total. The zero-order valence-electron chi connectivity index (χ0n) is 7.56. The van der Waals surface area contributed by atoms with Crippen molar-refractivity contribution in [3.8, 4) is 5.69 Å². The van der Waals surface area contributed by atoms with E-state index in [0.29, 0.717) is 5.69 Å². The molecule has 0 aliphatic carbocycles. The van der Waals surface area contributed by atoms with E-state index in [0.717, 1.165) is 5.82 Å². The van der Waals surface area contributed by atoms with Gasteiger partial charge in [0.25, 0.3) is 0 Å². The Morgan fingerprint density at radius 2 is 2.36 bits per heavy atom. The van der Waals surface area contributed by atoms with Gasteiger partial charge in [-0.2, -0.15) is 5.10 Å². The van der Waals surface area contributed by atoms with E-state index in [2.05, 4.69) is 20.5 Å². The fourth-order valence-corrected chi connectivity index (χ4v) is 1.11. The van der Waals surface area contributed by atoms with Crippen molar-refractivity contribution in [3.63, 3.8) is 0 Å². The predicted octanol–water partition coefficient (Wildman–Crippen LogP) is -0.00270. The SMILES string of the molecule is CNc1ccc(-n2cn[nH]c2=O)cn1. The second kappa shape index (κ2) is 3.33. The Labute approximate surface area is 79.6 Å². The topological polar surface area (TPSA) is 75.6 Å². The lowest BCUT2D eigenvalue weighted by Gasteiger charge is -2.01. The van der Waals surface area contributed by atoms with E-state index in [4.69, 9.17) is 0 Å². The van der Waals surface area contributed by atoms with Gasteiger partial charge in [-0.15, -0.1) is 0 Å². The highest BCUT2D eigenvalue weighted by atomic mass is 16.1. The number of H-pyrrole nitrogens is 1. The smallest absolute Gasteiger partial charge is 0.347 e. The minimum absolute atomic E-state index is 0.274. The number of hydrogen-bond donors (Lipinski definition) is 2. The predicted molar refractivity (Wildman–Crippen MR) is 51.5 cm³/mol. The molecule has 0 atom stereocenters. The molecule has 0 aliphatic rings. The van der Waals surface area contributed by atoms with Gasteiger partial charge in [-0.25, -0.2) is 19.4 Å². The number of anilines is 1. The van der Waals surface area contributed by atoms with Gasteiger partial charge in [-0.1, -0.05) is 0 Å². The van der Waals surface area contributed by atoms with E-state index in [1.54, 1.807) is 25.4 Å². The van der Waals surface area contributed by atoms with Crippen LogP contribution in [0.3, 0.4) is 0 Å². The summed E-state index contributed by atoms with van der Waals surface area (Å²) in [6.45, 7) is 0. The molecule has 6 nitrogen and oxygen atoms in total. The van der Waals surface area contributed by atoms with Gasteiger partial charge in [0, 0.05) is 7.05 Å². The van der Waals surface area contributed by atoms with Gasteiger partial charge in [0.2, 0.25) is 0 Å². The van der Waals surface area contributed by atoms with Crippen LogP contribution in [0.2, 0.25) is 0 Å². The maximum Gasteiger partial charge on any atom is 0.347 e. The van der Waals surface area contributed by atoms with Crippen molar-refractivity contribution in [2.45, 2.75) is 0 Å². The summed E-state index contributed by atoms with van der Waals surface area (Å²) in [6.07, 6.45) is 3.02. The summed E-state index contributed by atoms with van der Waals surface area (Å²) in [5.74, 6) is 0.755. The third-order valence-corrected chi connectivity index (χ3v) is 1.83. The van der Waals surface area contributed by atoms with Crippen LogP contribution in [-0.4, -0.2) is 26.8 Å². The van der Waals surface area contributed by atoms with Gasteiger partial charge in [0.1, 0.15) is 12.1 Å². The largest absolute Gasteiger partial charge is 0.373 e. The molecule has 2 heterocycles. The second-order valence-corrected chi connectivity index (χ2v) is 2.68. The molecule has 2 rings (SSSR count). The number of pyridine rings is 1. The minimum atomic E-state index is -0.274. The van der Waals surface area contributed by atoms with E-state index in [1.165, 1.54) is 10.9 Å². The first-order chi connectivity index (χ1) is 6.81. The standard InChI is InChI=1S/C8H9N5O/c1-9-7-3-2-6(4-10-7)13-5-11-12-8(13)14/h2-5H,1H3,(H,9,10)(H,12,14). The third kappa shape index (κ3) is 1.37. The molecule has 0 bridgehead atoms. The number of nitrogens with zero attached hydrogens (tertiary/aromatic N) is 3. The molecule has 0 spiro atoms. The van der Waals surface area contributed by atoms with Crippen LogP contribution < -0.4 is 11.0 Å². The lowest BCUT2D eigenvalue weighted by molar-refractivity contribution is 0.973. The van der Waals surface area contributed by atoms with Gasteiger partial charge in [0.15, 0.2) is 0 Å². The normalized spacial score (nSPS) is 10.1. The number of aromatic amines is 1. The van der Waals surface area contributed by atoms with Gasteiger partial charge in [-0.05, 0) is 12.1 Å². The Kier molecular flexibility index (Phi) is 2.02. The Bertz CT molecular complexity index is 469. The molecule has 6 heteroatoms. The first kappa shape index (κ1) is 8.49. The molecule has 0 amide bonds. The number of rotatable bonds is 2. The molecule has 0 fully saturated rings. The average Bonchev–Trinajstić information content (AvgIpc) is 2.65. The molecule has 2 aromatic rings. The van der Waals surface area contributed by atoms with E-state index < -0.39 is 0 Å². The number of hydrogen-bond acceptors (Lipinski definition) is 4. The van der Waals surface area contributed by atoms with Crippen LogP contribution in [-0.2, 0) is 0 Å². The molecule has 0 radical (unpaired) electrons. The number of aromatic nitrogens is 4. The second-order valence-electron chi connectivity index (χ2n) is 2.68. The van der Waals surface area contributed by atoms with Crippen LogP contribution in [0.1, 0.15) is 0 Å². The molecular weight excluding hydrogens is 182 g/mol. The van der Waals surface area contributed by atoms with E-state index in [9.17, 15) is 4.79 Å². The van der Waals surface area contributed by atoms with E-state index in [1.807, 2.05) is 0 Å². The quantitative estimate of drug-likeness (QED) is 0.700. The molecule has 14 heavy (non-hydrogen) atoms. The highest BCUT2D eigenvalue weighted by Crippen LogP contribution is 2.06. The van der Waals surface area contributed by atoms with Crippen LogP contribution in [0.4, 0.5) is 5.82 Å². The van der Waals surface area contributed by atoms with Crippen molar-refractivity contribution >= 4 is 5.82 Å². The summed E-state index contributed by atoms with van der Waals surface area (Å²) in [7, 11) is 1.78. The Morgan fingerprint density at radius 3 is 2.86 bits per heavy atom. The van der Waals surface area contributed by atoms with Crippen LogP contribution in [0.25, 0.3) is 5.69 Å². The first-order valence-electron chi connectivity index (χ1n) is 4.07. The molecular formula is C8H9N5O. The molecule has 72 valence electrons. The zero-order chi connectivity index (χ0) is 9.97. The Balaban J connectivity index is 2.44. The van der Waals surface area contributed by atoms with Crippen molar-refractivity contribution in [3.05, 3.63) is 35.1 Å². The van der Waals surface area contributed by atoms with Crippen molar-refractivity contribution in [1.29, 1.82) is 0 Å². The molecule has 0 saturated carbocycles. The lowest BCUT2D eigenvalue weighted by Crippen LogP contribution is -2.14. The first-order valence-corrected chi connectivity index (χ1v) is 4.07. The monoisotopic (exact) mass is 191 g/mol. The lowest BCUT2D eigenvalue weighted by atomic mass is 10.4. The molecule has 2 aromatic heterocycles.